The zero-order valence-corrected chi connectivity index (χ0v) is 13.9. The van der Waals surface area contributed by atoms with Crippen LogP contribution in [-0.4, -0.2) is 22.6 Å². The maximum absolute atomic E-state index is 12.9. The molecule has 0 aliphatic carbocycles. The number of rotatable bonds is 6. The Hall–Kier alpha value is -2.28. The van der Waals surface area contributed by atoms with E-state index >= 15 is 0 Å². The zero-order chi connectivity index (χ0) is 17.0. The van der Waals surface area contributed by atoms with Crippen molar-refractivity contribution in [2.45, 2.75) is 12.7 Å². The van der Waals surface area contributed by atoms with E-state index in [1.165, 1.54) is 38.5 Å². The summed E-state index contributed by atoms with van der Waals surface area (Å²) in [6, 6.07) is 8.59. The van der Waals surface area contributed by atoms with E-state index in [0.717, 1.165) is 0 Å². The molecule has 0 saturated heterocycles. The van der Waals surface area contributed by atoms with E-state index in [-0.39, 0.29) is 5.75 Å². The number of methoxy groups -OCH3 is 2. The lowest BCUT2D eigenvalue weighted by Crippen LogP contribution is -2.16. The fourth-order valence-electron chi connectivity index (χ4n) is 2.09. The lowest BCUT2D eigenvalue weighted by Gasteiger charge is -2.14. The van der Waals surface area contributed by atoms with Gasteiger partial charge in [-0.15, -0.1) is 0 Å². The molecule has 1 N–H and O–H groups in total. The fourth-order valence-corrected chi connectivity index (χ4v) is 3.35. The first-order valence-corrected chi connectivity index (χ1v) is 8.47. The van der Waals surface area contributed by atoms with Crippen LogP contribution in [0.4, 0.5) is 10.1 Å². The Morgan fingerprint density at radius 2 is 1.61 bits per heavy atom. The molecule has 2 aromatic carbocycles. The smallest absolute Gasteiger partial charge is 0.236 e. The Labute approximate surface area is 135 Å². The third kappa shape index (κ3) is 4.35. The highest BCUT2D eigenvalue weighted by Crippen LogP contribution is 2.33. The Bertz CT molecular complexity index is 788. The van der Waals surface area contributed by atoms with Gasteiger partial charge in [0.2, 0.25) is 10.0 Å². The summed E-state index contributed by atoms with van der Waals surface area (Å²) in [4.78, 5) is 0. The van der Waals surface area contributed by atoms with Crippen LogP contribution < -0.4 is 14.2 Å². The molecule has 0 unspecified atom stereocenters. The van der Waals surface area contributed by atoms with Crippen molar-refractivity contribution >= 4 is 15.7 Å². The second kappa shape index (κ2) is 6.87. The van der Waals surface area contributed by atoms with Crippen molar-refractivity contribution in [1.29, 1.82) is 0 Å². The van der Waals surface area contributed by atoms with Gasteiger partial charge in [0.15, 0.2) is 11.5 Å². The van der Waals surface area contributed by atoms with E-state index in [4.69, 9.17) is 9.47 Å². The number of benzene rings is 2. The SMILES string of the molecule is COc1cc(C)c(NS(=O)(=O)Cc2ccc(F)cc2)cc1OC. The van der Waals surface area contributed by atoms with E-state index in [1.807, 2.05) is 0 Å². The third-order valence-electron chi connectivity index (χ3n) is 3.27. The molecule has 0 bridgehead atoms. The van der Waals surface area contributed by atoms with Crippen LogP contribution in [0, 0.1) is 12.7 Å². The first-order valence-electron chi connectivity index (χ1n) is 6.82. The molecular weight excluding hydrogens is 321 g/mol. The van der Waals surface area contributed by atoms with Gasteiger partial charge in [-0.05, 0) is 36.2 Å². The first-order chi connectivity index (χ1) is 10.8. The van der Waals surface area contributed by atoms with Gasteiger partial charge in [-0.1, -0.05) is 12.1 Å². The monoisotopic (exact) mass is 339 g/mol. The lowest BCUT2D eigenvalue weighted by molar-refractivity contribution is 0.355. The van der Waals surface area contributed by atoms with Gasteiger partial charge in [0.25, 0.3) is 0 Å². The molecule has 7 heteroatoms. The molecule has 5 nitrogen and oxygen atoms in total. The van der Waals surface area contributed by atoms with Crippen LogP contribution >= 0.6 is 0 Å². The summed E-state index contributed by atoms with van der Waals surface area (Å²) >= 11 is 0. The van der Waals surface area contributed by atoms with Crippen LogP contribution in [0.15, 0.2) is 36.4 Å². The third-order valence-corrected chi connectivity index (χ3v) is 4.51. The highest BCUT2D eigenvalue weighted by atomic mass is 32.2. The van der Waals surface area contributed by atoms with E-state index in [0.29, 0.717) is 28.3 Å². The normalized spacial score (nSPS) is 11.1. The Morgan fingerprint density at radius 1 is 1.04 bits per heavy atom. The van der Waals surface area contributed by atoms with Gasteiger partial charge in [0.1, 0.15) is 5.82 Å². The standard InChI is InChI=1S/C16H18FNO4S/c1-11-8-15(21-2)16(22-3)9-14(11)18-23(19,20)10-12-4-6-13(17)7-5-12/h4-9,18H,10H2,1-3H3. The summed E-state index contributed by atoms with van der Waals surface area (Å²) in [5.74, 6) is 0.292. The molecule has 2 aromatic rings. The van der Waals surface area contributed by atoms with E-state index in [2.05, 4.69) is 4.72 Å². The number of hydrogen-bond donors (Lipinski definition) is 1. The van der Waals surface area contributed by atoms with E-state index in [1.54, 1.807) is 19.1 Å². The van der Waals surface area contributed by atoms with Crippen molar-refractivity contribution in [3.8, 4) is 11.5 Å². The summed E-state index contributed by atoms with van der Waals surface area (Å²) in [5.41, 5.74) is 1.60. The van der Waals surface area contributed by atoms with Gasteiger partial charge in [0, 0.05) is 6.07 Å². The molecule has 0 aliphatic heterocycles. The quantitative estimate of drug-likeness (QED) is 0.878. The predicted molar refractivity (Wildman–Crippen MR) is 86.9 cm³/mol. The van der Waals surface area contributed by atoms with Crippen LogP contribution in [0.3, 0.4) is 0 Å². The molecule has 0 saturated carbocycles. The Kier molecular flexibility index (Phi) is 5.10. The van der Waals surface area contributed by atoms with Crippen molar-refractivity contribution < 1.29 is 22.3 Å². The summed E-state index contributed by atoms with van der Waals surface area (Å²) in [6.07, 6.45) is 0. The number of anilines is 1. The molecule has 0 spiro atoms. The molecule has 2 rings (SSSR count). The molecule has 0 radical (unpaired) electrons. The Morgan fingerprint density at radius 3 is 2.17 bits per heavy atom. The van der Waals surface area contributed by atoms with E-state index in [9.17, 15) is 12.8 Å². The van der Waals surface area contributed by atoms with Crippen molar-refractivity contribution in [2.24, 2.45) is 0 Å². The van der Waals surface area contributed by atoms with Crippen molar-refractivity contribution in [3.05, 3.63) is 53.3 Å². The van der Waals surface area contributed by atoms with E-state index < -0.39 is 15.8 Å². The van der Waals surface area contributed by atoms with Crippen molar-refractivity contribution in [3.63, 3.8) is 0 Å². The molecular formula is C16H18FNO4S. The predicted octanol–water partition coefficient (Wildman–Crippen LogP) is 3.09. The maximum Gasteiger partial charge on any atom is 0.236 e. The number of aryl methyl sites for hydroxylation is 1. The molecule has 0 aromatic heterocycles. The van der Waals surface area contributed by atoms with Gasteiger partial charge < -0.3 is 9.47 Å². The van der Waals surface area contributed by atoms with Gasteiger partial charge in [0.05, 0.1) is 25.7 Å². The molecule has 0 heterocycles. The Balaban J connectivity index is 2.24. The summed E-state index contributed by atoms with van der Waals surface area (Å²) in [7, 11) is -0.651. The van der Waals surface area contributed by atoms with Gasteiger partial charge >= 0.3 is 0 Å². The number of sulfonamides is 1. The minimum absolute atomic E-state index is 0.249. The zero-order valence-electron chi connectivity index (χ0n) is 13.1. The minimum atomic E-state index is -3.64. The van der Waals surface area contributed by atoms with Gasteiger partial charge in [-0.25, -0.2) is 12.8 Å². The molecule has 124 valence electrons. The summed E-state index contributed by atoms with van der Waals surface area (Å²) < 4.78 is 50.3. The average Bonchev–Trinajstić information content (AvgIpc) is 2.50. The van der Waals surface area contributed by atoms with Crippen LogP contribution in [0.25, 0.3) is 0 Å². The molecule has 0 atom stereocenters. The van der Waals surface area contributed by atoms with Crippen LogP contribution in [0.1, 0.15) is 11.1 Å². The second-order valence-corrected chi connectivity index (χ2v) is 6.73. The number of hydrogen-bond acceptors (Lipinski definition) is 4. The van der Waals surface area contributed by atoms with Gasteiger partial charge in [-0.2, -0.15) is 0 Å². The van der Waals surface area contributed by atoms with Crippen molar-refractivity contribution in [2.75, 3.05) is 18.9 Å². The molecule has 23 heavy (non-hydrogen) atoms. The number of ether oxygens (including phenoxy) is 2. The summed E-state index contributed by atoms with van der Waals surface area (Å²) in [5, 5.41) is 0. The van der Waals surface area contributed by atoms with Gasteiger partial charge in [-0.3, -0.25) is 4.72 Å². The maximum atomic E-state index is 12.9. The minimum Gasteiger partial charge on any atom is -0.493 e. The highest BCUT2D eigenvalue weighted by molar-refractivity contribution is 7.91. The highest BCUT2D eigenvalue weighted by Gasteiger charge is 2.16. The van der Waals surface area contributed by atoms with Crippen LogP contribution in [0.2, 0.25) is 0 Å². The molecule has 0 fully saturated rings. The fraction of sp³-hybridized carbons (Fsp3) is 0.250. The largest absolute Gasteiger partial charge is 0.493 e. The molecule has 0 amide bonds. The van der Waals surface area contributed by atoms with Crippen LogP contribution in [-0.2, 0) is 15.8 Å². The second-order valence-electron chi connectivity index (χ2n) is 5.01. The van der Waals surface area contributed by atoms with Crippen molar-refractivity contribution in [1.82, 2.24) is 0 Å². The molecule has 0 aliphatic rings. The number of nitrogens with one attached hydrogen (secondary N) is 1. The first kappa shape index (κ1) is 17.1. The summed E-state index contributed by atoms with van der Waals surface area (Å²) in [6.45, 7) is 1.76. The lowest BCUT2D eigenvalue weighted by atomic mass is 10.2. The average molecular weight is 339 g/mol. The topological polar surface area (TPSA) is 64.6 Å². The van der Waals surface area contributed by atoms with Crippen LogP contribution in [0.5, 0.6) is 11.5 Å². The number of halogens is 1.